The van der Waals surface area contributed by atoms with E-state index in [0.29, 0.717) is 24.3 Å². The Kier molecular flexibility index (Phi) is 5.34. The van der Waals surface area contributed by atoms with Crippen molar-refractivity contribution in [3.8, 4) is 0 Å². The van der Waals surface area contributed by atoms with Crippen molar-refractivity contribution in [2.24, 2.45) is 0 Å². The fourth-order valence-corrected chi connectivity index (χ4v) is 1.91. The first-order chi connectivity index (χ1) is 7.65. The first kappa shape index (κ1) is 13.1. The van der Waals surface area contributed by atoms with Crippen LogP contribution in [0, 0.1) is 0 Å². The monoisotopic (exact) mass is 242 g/mol. The normalized spacial score (nSPS) is 12.4. The van der Waals surface area contributed by atoms with Crippen molar-refractivity contribution in [1.82, 2.24) is 9.97 Å². The molecule has 0 amide bonds. The molecule has 0 aromatic carbocycles. The number of anilines is 2. The standard InChI is InChI=1S/C10H18N4OS/c1-7(6-16-3)12-9-4-8(11)13-10(14-9)5-15-2/h4,7H,5-6H2,1-3H3,(H3,11,12,13,14). The Balaban J connectivity index is 2.71. The molecule has 90 valence electrons. The molecule has 0 aliphatic carbocycles. The molecule has 1 aromatic heterocycles. The van der Waals surface area contributed by atoms with E-state index in [1.807, 2.05) is 0 Å². The van der Waals surface area contributed by atoms with Crippen molar-refractivity contribution in [1.29, 1.82) is 0 Å². The number of nitrogen functional groups attached to an aromatic ring is 1. The summed E-state index contributed by atoms with van der Waals surface area (Å²) in [5.41, 5.74) is 5.69. The van der Waals surface area contributed by atoms with Gasteiger partial charge in [-0.1, -0.05) is 0 Å². The second-order valence-electron chi connectivity index (χ2n) is 3.53. The molecule has 0 saturated carbocycles. The number of rotatable bonds is 6. The summed E-state index contributed by atoms with van der Waals surface area (Å²) >= 11 is 1.79. The Bertz CT molecular complexity index is 335. The topological polar surface area (TPSA) is 73.1 Å². The van der Waals surface area contributed by atoms with Crippen LogP contribution in [0.1, 0.15) is 12.7 Å². The summed E-state index contributed by atoms with van der Waals surface area (Å²) in [7, 11) is 1.61. The zero-order valence-electron chi connectivity index (χ0n) is 9.86. The van der Waals surface area contributed by atoms with E-state index in [4.69, 9.17) is 10.5 Å². The molecular weight excluding hydrogens is 224 g/mol. The van der Waals surface area contributed by atoms with Crippen LogP contribution in [0.15, 0.2) is 6.07 Å². The average Bonchev–Trinajstić information content (AvgIpc) is 2.17. The summed E-state index contributed by atoms with van der Waals surface area (Å²) in [6.07, 6.45) is 2.07. The van der Waals surface area contributed by atoms with E-state index in [0.717, 1.165) is 11.6 Å². The fraction of sp³-hybridized carbons (Fsp3) is 0.600. The third kappa shape index (κ3) is 4.24. The average molecular weight is 242 g/mol. The van der Waals surface area contributed by atoms with Crippen LogP contribution in [0.4, 0.5) is 11.6 Å². The number of nitrogens with zero attached hydrogens (tertiary/aromatic N) is 2. The maximum absolute atomic E-state index is 5.69. The van der Waals surface area contributed by atoms with Crippen molar-refractivity contribution in [3.63, 3.8) is 0 Å². The molecule has 0 aliphatic rings. The Hall–Kier alpha value is -1.01. The lowest BCUT2D eigenvalue weighted by Crippen LogP contribution is -2.19. The quantitative estimate of drug-likeness (QED) is 0.785. The molecule has 1 rings (SSSR count). The Morgan fingerprint density at radius 2 is 2.31 bits per heavy atom. The first-order valence-corrected chi connectivity index (χ1v) is 6.43. The second kappa shape index (κ2) is 6.55. The minimum Gasteiger partial charge on any atom is -0.384 e. The van der Waals surface area contributed by atoms with Gasteiger partial charge in [-0.05, 0) is 13.2 Å². The molecule has 16 heavy (non-hydrogen) atoms. The van der Waals surface area contributed by atoms with Crippen LogP contribution in [0.5, 0.6) is 0 Å². The van der Waals surface area contributed by atoms with Crippen molar-refractivity contribution in [2.75, 3.05) is 30.2 Å². The molecule has 5 nitrogen and oxygen atoms in total. The number of methoxy groups -OCH3 is 1. The highest BCUT2D eigenvalue weighted by molar-refractivity contribution is 7.98. The lowest BCUT2D eigenvalue weighted by atomic mass is 10.4. The maximum Gasteiger partial charge on any atom is 0.158 e. The molecule has 0 spiro atoms. The number of nitrogens with one attached hydrogen (secondary N) is 1. The van der Waals surface area contributed by atoms with E-state index in [1.165, 1.54) is 0 Å². The minimum atomic E-state index is 0.347. The molecular formula is C10H18N4OS. The van der Waals surface area contributed by atoms with Crippen LogP contribution in [-0.4, -0.2) is 35.1 Å². The molecule has 0 aliphatic heterocycles. The van der Waals surface area contributed by atoms with Gasteiger partial charge in [0.05, 0.1) is 0 Å². The smallest absolute Gasteiger partial charge is 0.158 e. The van der Waals surface area contributed by atoms with Gasteiger partial charge in [-0.25, -0.2) is 9.97 Å². The van der Waals surface area contributed by atoms with Gasteiger partial charge in [-0.2, -0.15) is 11.8 Å². The van der Waals surface area contributed by atoms with Crippen molar-refractivity contribution < 1.29 is 4.74 Å². The summed E-state index contributed by atoms with van der Waals surface area (Å²) in [6.45, 7) is 2.47. The van der Waals surface area contributed by atoms with Gasteiger partial charge in [-0.3, -0.25) is 0 Å². The van der Waals surface area contributed by atoms with E-state index in [-0.39, 0.29) is 0 Å². The summed E-state index contributed by atoms with van der Waals surface area (Å²) < 4.78 is 4.98. The highest BCUT2D eigenvalue weighted by Gasteiger charge is 2.05. The SMILES string of the molecule is COCc1nc(N)cc(NC(C)CSC)n1. The highest BCUT2D eigenvalue weighted by Crippen LogP contribution is 2.11. The number of hydrogen-bond donors (Lipinski definition) is 2. The number of thioether (sulfide) groups is 1. The molecule has 1 aromatic rings. The molecule has 1 unspecified atom stereocenters. The van der Waals surface area contributed by atoms with Gasteiger partial charge in [0.15, 0.2) is 5.82 Å². The molecule has 0 bridgehead atoms. The summed E-state index contributed by atoms with van der Waals surface area (Å²) in [5.74, 6) is 2.83. The molecule has 1 atom stereocenters. The number of ether oxygens (including phenoxy) is 1. The second-order valence-corrected chi connectivity index (χ2v) is 4.44. The molecule has 0 fully saturated rings. The van der Waals surface area contributed by atoms with Crippen molar-refractivity contribution in [3.05, 3.63) is 11.9 Å². The maximum atomic E-state index is 5.69. The number of hydrogen-bond acceptors (Lipinski definition) is 6. The van der Waals surface area contributed by atoms with E-state index >= 15 is 0 Å². The van der Waals surface area contributed by atoms with Gasteiger partial charge in [0.25, 0.3) is 0 Å². The van der Waals surface area contributed by atoms with Crippen LogP contribution in [0.25, 0.3) is 0 Å². The third-order valence-electron chi connectivity index (χ3n) is 1.88. The lowest BCUT2D eigenvalue weighted by molar-refractivity contribution is 0.178. The van der Waals surface area contributed by atoms with E-state index in [1.54, 1.807) is 24.9 Å². The van der Waals surface area contributed by atoms with Gasteiger partial charge in [0.2, 0.25) is 0 Å². The van der Waals surface area contributed by atoms with E-state index < -0.39 is 0 Å². The zero-order chi connectivity index (χ0) is 12.0. The number of nitrogens with two attached hydrogens (primary N) is 1. The van der Waals surface area contributed by atoms with Crippen LogP contribution in [0.2, 0.25) is 0 Å². The molecule has 3 N–H and O–H groups in total. The van der Waals surface area contributed by atoms with Gasteiger partial charge in [-0.15, -0.1) is 0 Å². The summed E-state index contributed by atoms with van der Waals surface area (Å²) in [4.78, 5) is 8.38. The Labute approximate surface area is 100 Å². The zero-order valence-corrected chi connectivity index (χ0v) is 10.7. The third-order valence-corrected chi connectivity index (χ3v) is 2.71. The van der Waals surface area contributed by atoms with Gasteiger partial charge < -0.3 is 15.8 Å². The van der Waals surface area contributed by atoms with Gasteiger partial charge in [0, 0.05) is 25.0 Å². The first-order valence-electron chi connectivity index (χ1n) is 5.03. The van der Waals surface area contributed by atoms with Crippen LogP contribution >= 0.6 is 11.8 Å². The largest absolute Gasteiger partial charge is 0.384 e. The predicted molar refractivity (Wildman–Crippen MR) is 68.6 cm³/mol. The predicted octanol–water partition coefficient (Wildman–Crippen LogP) is 1.37. The van der Waals surface area contributed by atoms with Crippen LogP contribution < -0.4 is 11.1 Å². The summed E-state index contributed by atoms with van der Waals surface area (Å²) in [6, 6.07) is 2.08. The van der Waals surface area contributed by atoms with E-state index in [9.17, 15) is 0 Å². The van der Waals surface area contributed by atoms with Crippen LogP contribution in [0.3, 0.4) is 0 Å². The van der Waals surface area contributed by atoms with Crippen molar-refractivity contribution in [2.45, 2.75) is 19.6 Å². The molecule has 0 saturated heterocycles. The summed E-state index contributed by atoms with van der Waals surface area (Å²) in [5, 5.41) is 3.27. The van der Waals surface area contributed by atoms with Crippen molar-refractivity contribution >= 4 is 23.4 Å². The Morgan fingerprint density at radius 1 is 1.56 bits per heavy atom. The minimum absolute atomic E-state index is 0.347. The van der Waals surface area contributed by atoms with Gasteiger partial charge >= 0.3 is 0 Å². The molecule has 0 radical (unpaired) electrons. The van der Waals surface area contributed by atoms with Gasteiger partial charge in [0.1, 0.15) is 18.2 Å². The Morgan fingerprint density at radius 3 is 2.94 bits per heavy atom. The highest BCUT2D eigenvalue weighted by atomic mass is 32.2. The molecule has 1 heterocycles. The fourth-order valence-electron chi connectivity index (χ4n) is 1.33. The number of aromatic nitrogens is 2. The lowest BCUT2D eigenvalue weighted by Gasteiger charge is -2.13. The van der Waals surface area contributed by atoms with Crippen LogP contribution in [-0.2, 0) is 11.3 Å². The molecule has 6 heteroatoms. The van der Waals surface area contributed by atoms with E-state index in [2.05, 4.69) is 28.5 Å².